The van der Waals surface area contributed by atoms with Gasteiger partial charge in [0.1, 0.15) is 5.82 Å². The molecule has 5 heteroatoms. The van der Waals surface area contributed by atoms with Crippen molar-refractivity contribution in [1.29, 1.82) is 0 Å². The van der Waals surface area contributed by atoms with Gasteiger partial charge in [-0.3, -0.25) is 4.79 Å². The van der Waals surface area contributed by atoms with Gasteiger partial charge in [-0.1, -0.05) is 58.4 Å². The molecule has 0 aliphatic carbocycles. The van der Waals surface area contributed by atoms with E-state index in [9.17, 15) is 9.18 Å². The predicted octanol–water partition coefficient (Wildman–Crippen LogP) is 5.58. The summed E-state index contributed by atoms with van der Waals surface area (Å²) in [6.45, 7) is 0. The Kier molecular flexibility index (Phi) is 4.86. The van der Waals surface area contributed by atoms with E-state index in [1.54, 1.807) is 24.3 Å². The highest BCUT2D eigenvalue weighted by atomic mass is 79.9. The Morgan fingerprint density at radius 3 is 2.30 bits per heavy atom. The smallest absolute Gasteiger partial charge is 0.267 e. The van der Waals surface area contributed by atoms with Crippen molar-refractivity contribution in [3.63, 3.8) is 0 Å². The van der Waals surface area contributed by atoms with Crippen LogP contribution in [-0.4, -0.2) is 16.6 Å². The van der Waals surface area contributed by atoms with Crippen LogP contribution < -0.4 is 0 Å². The van der Waals surface area contributed by atoms with Crippen molar-refractivity contribution in [2.75, 3.05) is 0 Å². The molecule has 3 aromatic carbocycles. The van der Waals surface area contributed by atoms with Crippen molar-refractivity contribution in [2.45, 2.75) is 12.5 Å². The zero-order valence-electron chi connectivity index (χ0n) is 14.3. The molecule has 0 radical (unpaired) electrons. The average Bonchev–Trinajstić information content (AvgIpc) is 3.14. The minimum Gasteiger partial charge on any atom is -0.267 e. The molecule has 134 valence electrons. The minimum atomic E-state index is -0.299. The summed E-state index contributed by atoms with van der Waals surface area (Å²) in [4.78, 5) is 13.1. The van der Waals surface area contributed by atoms with Crippen LogP contribution in [0.3, 0.4) is 0 Å². The van der Waals surface area contributed by atoms with E-state index < -0.39 is 0 Å². The van der Waals surface area contributed by atoms with Crippen LogP contribution in [0.4, 0.5) is 4.39 Å². The molecule has 1 heterocycles. The van der Waals surface area contributed by atoms with E-state index in [-0.39, 0.29) is 17.8 Å². The maximum atomic E-state index is 13.4. The second-order valence-electron chi connectivity index (χ2n) is 6.34. The topological polar surface area (TPSA) is 32.7 Å². The lowest BCUT2D eigenvalue weighted by molar-refractivity contribution is 0.0711. The molecular formula is C22H16BrFN2O. The first kappa shape index (κ1) is 17.6. The quantitative estimate of drug-likeness (QED) is 0.542. The van der Waals surface area contributed by atoms with Gasteiger partial charge in [0.2, 0.25) is 0 Å². The standard InChI is InChI=1S/C22H16BrFN2O/c23-18-10-6-15(7-11-18)20-14-21(16-8-12-19(24)13-9-16)26(25-20)22(27)17-4-2-1-3-5-17/h1-13,21H,14H2/t21-/m1/s1. The van der Waals surface area contributed by atoms with Crippen LogP contribution in [0.25, 0.3) is 0 Å². The normalized spacial score (nSPS) is 16.3. The fourth-order valence-electron chi connectivity index (χ4n) is 3.17. The largest absolute Gasteiger partial charge is 0.274 e. The van der Waals surface area contributed by atoms with Gasteiger partial charge in [0.15, 0.2) is 0 Å². The predicted molar refractivity (Wildman–Crippen MR) is 107 cm³/mol. The molecule has 1 aliphatic heterocycles. The number of rotatable bonds is 3. The van der Waals surface area contributed by atoms with E-state index in [1.807, 2.05) is 42.5 Å². The molecule has 0 N–H and O–H groups in total. The molecule has 3 nitrogen and oxygen atoms in total. The lowest BCUT2D eigenvalue weighted by atomic mass is 9.98. The first-order valence-corrected chi connectivity index (χ1v) is 9.38. The summed E-state index contributed by atoms with van der Waals surface area (Å²) in [6, 6.07) is 22.9. The van der Waals surface area contributed by atoms with Crippen LogP contribution in [0.5, 0.6) is 0 Å². The fraction of sp³-hybridized carbons (Fsp3) is 0.0909. The SMILES string of the molecule is O=C(c1ccccc1)N1N=C(c2ccc(Br)cc2)C[C@@H]1c1ccc(F)cc1. The molecule has 0 bridgehead atoms. The third-order valence-electron chi connectivity index (χ3n) is 4.57. The van der Waals surface area contributed by atoms with Crippen LogP contribution in [0, 0.1) is 5.82 Å². The third kappa shape index (κ3) is 3.69. The summed E-state index contributed by atoms with van der Waals surface area (Å²) in [5, 5.41) is 6.15. The van der Waals surface area contributed by atoms with Gasteiger partial charge in [-0.05, 0) is 47.5 Å². The molecular weight excluding hydrogens is 407 g/mol. The number of hydrogen-bond donors (Lipinski definition) is 0. The van der Waals surface area contributed by atoms with Gasteiger partial charge in [0, 0.05) is 16.5 Å². The van der Waals surface area contributed by atoms with Gasteiger partial charge in [-0.25, -0.2) is 9.40 Å². The number of hydrogen-bond acceptors (Lipinski definition) is 2. The highest BCUT2D eigenvalue weighted by Gasteiger charge is 2.33. The van der Waals surface area contributed by atoms with Gasteiger partial charge in [-0.15, -0.1) is 0 Å². The summed E-state index contributed by atoms with van der Waals surface area (Å²) in [7, 11) is 0. The van der Waals surface area contributed by atoms with Crippen molar-refractivity contribution in [2.24, 2.45) is 5.10 Å². The first-order chi connectivity index (χ1) is 13.1. The Morgan fingerprint density at radius 2 is 1.63 bits per heavy atom. The van der Waals surface area contributed by atoms with Crippen molar-refractivity contribution >= 4 is 27.5 Å². The molecule has 1 amide bonds. The average molecular weight is 423 g/mol. The number of benzene rings is 3. The molecule has 0 saturated carbocycles. The molecule has 0 saturated heterocycles. The summed E-state index contributed by atoms with van der Waals surface area (Å²) < 4.78 is 14.3. The first-order valence-electron chi connectivity index (χ1n) is 8.59. The Balaban J connectivity index is 1.72. The fourth-order valence-corrected chi connectivity index (χ4v) is 3.44. The Morgan fingerprint density at radius 1 is 0.963 bits per heavy atom. The highest BCUT2D eigenvalue weighted by molar-refractivity contribution is 9.10. The van der Waals surface area contributed by atoms with Crippen molar-refractivity contribution < 1.29 is 9.18 Å². The monoisotopic (exact) mass is 422 g/mol. The molecule has 27 heavy (non-hydrogen) atoms. The van der Waals surface area contributed by atoms with Crippen LogP contribution in [-0.2, 0) is 0 Å². The van der Waals surface area contributed by atoms with Crippen LogP contribution in [0.2, 0.25) is 0 Å². The molecule has 0 spiro atoms. The molecule has 1 aliphatic rings. The third-order valence-corrected chi connectivity index (χ3v) is 5.10. The summed E-state index contributed by atoms with van der Waals surface area (Å²) in [6.07, 6.45) is 0.575. The van der Waals surface area contributed by atoms with E-state index in [0.29, 0.717) is 12.0 Å². The highest BCUT2D eigenvalue weighted by Crippen LogP contribution is 2.34. The number of carbonyl (C=O) groups is 1. The number of carbonyl (C=O) groups excluding carboxylic acids is 1. The van der Waals surface area contributed by atoms with Gasteiger partial charge in [0.25, 0.3) is 5.91 Å². The van der Waals surface area contributed by atoms with Gasteiger partial charge in [-0.2, -0.15) is 5.10 Å². The van der Waals surface area contributed by atoms with Crippen LogP contribution >= 0.6 is 15.9 Å². The van der Waals surface area contributed by atoms with E-state index in [0.717, 1.165) is 21.3 Å². The van der Waals surface area contributed by atoms with E-state index in [4.69, 9.17) is 0 Å². The zero-order chi connectivity index (χ0) is 18.8. The van der Waals surface area contributed by atoms with Crippen LogP contribution in [0.15, 0.2) is 88.4 Å². The van der Waals surface area contributed by atoms with Gasteiger partial charge >= 0.3 is 0 Å². The molecule has 0 aromatic heterocycles. The number of halogens is 2. The minimum absolute atomic E-state index is 0.169. The second kappa shape index (κ2) is 7.45. The Hall–Kier alpha value is -2.79. The maximum absolute atomic E-state index is 13.4. The Labute approximate surface area is 165 Å². The molecule has 4 rings (SSSR count). The van der Waals surface area contributed by atoms with Crippen molar-refractivity contribution in [1.82, 2.24) is 5.01 Å². The lowest BCUT2D eigenvalue weighted by Gasteiger charge is -2.22. The van der Waals surface area contributed by atoms with Crippen molar-refractivity contribution in [3.8, 4) is 0 Å². The van der Waals surface area contributed by atoms with E-state index in [2.05, 4.69) is 21.0 Å². The Bertz CT molecular complexity index is 985. The number of nitrogens with zero attached hydrogens (tertiary/aromatic N) is 2. The summed E-state index contributed by atoms with van der Waals surface area (Å²) in [5.74, 6) is -0.469. The van der Waals surface area contributed by atoms with Crippen LogP contribution in [0.1, 0.15) is 33.9 Å². The molecule has 0 fully saturated rings. The van der Waals surface area contributed by atoms with Gasteiger partial charge < -0.3 is 0 Å². The van der Waals surface area contributed by atoms with E-state index in [1.165, 1.54) is 17.1 Å². The molecule has 3 aromatic rings. The van der Waals surface area contributed by atoms with Gasteiger partial charge in [0.05, 0.1) is 11.8 Å². The zero-order valence-corrected chi connectivity index (χ0v) is 15.9. The number of amides is 1. The van der Waals surface area contributed by atoms with Crippen molar-refractivity contribution in [3.05, 3.63) is 106 Å². The van der Waals surface area contributed by atoms with E-state index >= 15 is 0 Å². The lowest BCUT2D eigenvalue weighted by Crippen LogP contribution is -2.27. The molecule has 1 atom stereocenters. The summed E-state index contributed by atoms with van der Waals surface area (Å²) in [5.41, 5.74) is 3.23. The summed E-state index contributed by atoms with van der Waals surface area (Å²) >= 11 is 3.44. The second-order valence-corrected chi connectivity index (χ2v) is 7.26. The maximum Gasteiger partial charge on any atom is 0.274 e. The number of hydrazone groups is 1. The molecule has 0 unspecified atom stereocenters.